The van der Waals surface area contributed by atoms with E-state index in [-0.39, 0.29) is 6.10 Å². The van der Waals surface area contributed by atoms with Crippen molar-refractivity contribution in [2.45, 2.75) is 38.8 Å². The number of hydrogen-bond acceptors (Lipinski definition) is 5. The van der Waals surface area contributed by atoms with Gasteiger partial charge in [0, 0.05) is 50.8 Å². The summed E-state index contributed by atoms with van der Waals surface area (Å²) in [5.41, 5.74) is 2.40. The summed E-state index contributed by atoms with van der Waals surface area (Å²) in [6, 6.07) is 0.503. The highest BCUT2D eigenvalue weighted by molar-refractivity contribution is 5.07. The van der Waals surface area contributed by atoms with E-state index in [4.69, 9.17) is 4.74 Å². The van der Waals surface area contributed by atoms with Crippen molar-refractivity contribution in [3.63, 3.8) is 0 Å². The Hall–Kier alpha value is -1.95. The van der Waals surface area contributed by atoms with Gasteiger partial charge in [-0.15, -0.1) is 0 Å². The van der Waals surface area contributed by atoms with Gasteiger partial charge in [-0.3, -0.25) is 9.58 Å². The molecule has 0 amide bonds. The highest BCUT2D eigenvalue weighted by Crippen LogP contribution is 2.17. The van der Waals surface area contributed by atoms with Crippen molar-refractivity contribution in [3.05, 3.63) is 35.9 Å². The molecule has 1 fully saturated rings. The van der Waals surface area contributed by atoms with Gasteiger partial charge < -0.3 is 4.74 Å². The molecule has 0 spiro atoms. The summed E-state index contributed by atoms with van der Waals surface area (Å²) < 4.78 is 7.74. The van der Waals surface area contributed by atoms with Crippen LogP contribution >= 0.6 is 0 Å². The molecule has 6 nitrogen and oxygen atoms in total. The van der Waals surface area contributed by atoms with E-state index in [0.29, 0.717) is 6.01 Å². The van der Waals surface area contributed by atoms with E-state index in [0.717, 1.165) is 44.5 Å². The van der Waals surface area contributed by atoms with E-state index in [2.05, 4.69) is 33.1 Å². The maximum absolute atomic E-state index is 5.89. The van der Waals surface area contributed by atoms with Crippen LogP contribution in [0.15, 0.2) is 24.8 Å². The van der Waals surface area contributed by atoms with Crippen LogP contribution in [0.5, 0.6) is 6.01 Å². The Labute approximate surface area is 131 Å². The topological polar surface area (TPSA) is 56.1 Å². The average Bonchev–Trinajstić information content (AvgIpc) is 2.95. The Morgan fingerprint density at radius 3 is 2.45 bits per heavy atom. The molecular formula is C16H23N5O. The molecule has 0 saturated carbocycles. The quantitative estimate of drug-likeness (QED) is 0.843. The zero-order valence-corrected chi connectivity index (χ0v) is 13.3. The van der Waals surface area contributed by atoms with Crippen LogP contribution in [-0.2, 0) is 20.0 Å². The van der Waals surface area contributed by atoms with E-state index in [1.54, 1.807) is 0 Å². The van der Waals surface area contributed by atoms with Gasteiger partial charge in [-0.05, 0) is 24.8 Å². The molecule has 1 saturated heterocycles. The zero-order valence-electron chi connectivity index (χ0n) is 13.3. The number of aryl methyl sites for hydroxylation is 2. The molecule has 6 heteroatoms. The second-order valence-corrected chi connectivity index (χ2v) is 5.84. The molecule has 3 rings (SSSR count). The first-order valence-electron chi connectivity index (χ1n) is 7.90. The van der Waals surface area contributed by atoms with Crippen LogP contribution in [0.1, 0.15) is 30.9 Å². The molecule has 0 N–H and O–H groups in total. The fourth-order valence-electron chi connectivity index (χ4n) is 2.73. The molecule has 0 bridgehead atoms. The molecule has 0 atom stereocenters. The third kappa shape index (κ3) is 3.82. The van der Waals surface area contributed by atoms with Gasteiger partial charge in [-0.25, -0.2) is 9.97 Å². The maximum atomic E-state index is 5.89. The highest BCUT2D eigenvalue weighted by atomic mass is 16.5. The third-order valence-corrected chi connectivity index (χ3v) is 4.06. The number of hydrogen-bond donors (Lipinski definition) is 0. The maximum Gasteiger partial charge on any atom is 0.316 e. The van der Waals surface area contributed by atoms with Crippen molar-refractivity contribution < 1.29 is 4.74 Å². The minimum Gasteiger partial charge on any atom is -0.460 e. The van der Waals surface area contributed by atoms with Gasteiger partial charge in [0.05, 0.1) is 6.20 Å². The predicted molar refractivity (Wildman–Crippen MR) is 83.5 cm³/mol. The monoisotopic (exact) mass is 301 g/mol. The summed E-state index contributed by atoms with van der Waals surface area (Å²) in [4.78, 5) is 11.0. The van der Waals surface area contributed by atoms with E-state index in [9.17, 15) is 0 Å². The molecule has 0 unspecified atom stereocenters. The molecule has 0 radical (unpaired) electrons. The Morgan fingerprint density at radius 2 is 1.86 bits per heavy atom. The summed E-state index contributed by atoms with van der Waals surface area (Å²) in [6.07, 6.45) is 10.9. The summed E-state index contributed by atoms with van der Waals surface area (Å²) in [5, 5.41) is 4.22. The van der Waals surface area contributed by atoms with Crippen molar-refractivity contribution in [2.75, 3.05) is 13.1 Å². The molecule has 1 aliphatic heterocycles. The molecule has 1 aliphatic rings. The van der Waals surface area contributed by atoms with E-state index < -0.39 is 0 Å². The van der Waals surface area contributed by atoms with Crippen LogP contribution < -0.4 is 4.74 Å². The minimum atomic E-state index is 0.220. The molecule has 22 heavy (non-hydrogen) atoms. The van der Waals surface area contributed by atoms with Crippen LogP contribution in [-0.4, -0.2) is 43.8 Å². The Morgan fingerprint density at radius 1 is 1.14 bits per heavy atom. The SMILES string of the molecule is CCc1cnc(OC2CCN(Cc3cnn(C)c3)CC2)nc1. The molecule has 118 valence electrons. The van der Waals surface area contributed by atoms with Gasteiger partial charge in [-0.2, -0.15) is 5.10 Å². The third-order valence-electron chi connectivity index (χ3n) is 4.06. The summed E-state index contributed by atoms with van der Waals surface area (Å²) in [5.74, 6) is 0. The summed E-state index contributed by atoms with van der Waals surface area (Å²) in [7, 11) is 1.95. The van der Waals surface area contributed by atoms with Crippen LogP contribution in [0.25, 0.3) is 0 Å². The zero-order chi connectivity index (χ0) is 15.4. The first kappa shape index (κ1) is 15.0. The number of ether oxygens (including phenoxy) is 1. The second-order valence-electron chi connectivity index (χ2n) is 5.84. The largest absolute Gasteiger partial charge is 0.460 e. The fraction of sp³-hybridized carbons (Fsp3) is 0.562. The van der Waals surface area contributed by atoms with Crippen LogP contribution in [0.4, 0.5) is 0 Å². The number of aromatic nitrogens is 4. The Bertz CT molecular complexity index is 587. The average molecular weight is 301 g/mol. The fourth-order valence-corrected chi connectivity index (χ4v) is 2.73. The van der Waals surface area contributed by atoms with Crippen LogP contribution in [0.2, 0.25) is 0 Å². The van der Waals surface area contributed by atoms with Crippen molar-refractivity contribution in [2.24, 2.45) is 7.05 Å². The van der Waals surface area contributed by atoms with E-state index in [1.807, 2.05) is 30.3 Å². The van der Waals surface area contributed by atoms with Crippen molar-refractivity contribution in [1.29, 1.82) is 0 Å². The van der Waals surface area contributed by atoms with Crippen molar-refractivity contribution >= 4 is 0 Å². The molecule has 2 aromatic heterocycles. The summed E-state index contributed by atoms with van der Waals surface area (Å²) >= 11 is 0. The van der Waals surface area contributed by atoms with Crippen LogP contribution in [0.3, 0.4) is 0 Å². The minimum absolute atomic E-state index is 0.220. The number of rotatable bonds is 5. The van der Waals surface area contributed by atoms with E-state index in [1.165, 1.54) is 5.56 Å². The lowest BCUT2D eigenvalue weighted by atomic mass is 10.1. The second kappa shape index (κ2) is 6.87. The molecule has 3 heterocycles. The van der Waals surface area contributed by atoms with Gasteiger partial charge in [0.15, 0.2) is 0 Å². The Balaban J connectivity index is 1.46. The lowest BCUT2D eigenvalue weighted by Gasteiger charge is -2.31. The van der Waals surface area contributed by atoms with Crippen molar-refractivity contribution in [1.82, 2.24) is 24.6 Å². The normalized spacial score (nSPS) is 16.8. The number of likely N-dealkylation sites (tertiary alicyclic amines) is 1. The van der Waals surface area contributed by atoms with E-state index >= 15 is 0 Å². The summed E-state index contributed by atoms with van der Waals surface area (Å²) in [6.45, 7) is 5.12. The molecular weight excluding hydrogens is 278 g/mol. The Kier molecular flexibility index (Phi) is 4.68. The smallest absolute Gasteiger partial charge is 0.316 e. The van der Waals surface area contributed by atoms with Gasteiger partial charge in [0.1, 0.15) is 6.10 Å². The van der Waals surface area contributed by atoms with Gasteiger partial charge in [0.2, 0.25) is 0 Å². The van der Waals surface area contributed by atoms with Gasteiger partial charge >= 0.3 is 6.01 Å². The first-order valence-corrected chi connectivity index (χ1v) is 7.90. The molecule has 0 aromatic carbocycles. The van der Waals surface area contributed by atoms with Crippen molar-refractivity contribution in [3.8, 4) is 6.01 Å². The van der Waals surface area contributed by atoms with Gasteiger partial charge in [-0.1, -0.05) is 6.92 Å². The van der Waals surface area contributed by atoms with Crippen LogP contribution in [0, 0.1) is 0 Å². The van der Waals surface area contributed by atoms with Gasteiger partial charge in [0.25, 0.3) is 0 Å². The number of nitrogens with zero attached hydrogens (tertiary/aromatic N) is 5. The molecule has 2 aromatic rings. The predicted octanol–water partition coefficient (Wildman–Crippen LogP) is 1.82. The highest BCUT2D eigenvalue weighted by Gasteiger charge is 2.21. The molecule has 0 aliphatic carbocycles. The first-order chi connectivity index (χ1) is 10.7. The standard InChI is InChI=1S/C16H23N5O/c1-3-13-8-17-16(18-9-13)22-15-4-6-21(7-5-15)12-14-10-19-20(2)11-14/h8-11,15H,3-7,12H2,1-2H3. The lowest BCUT2D eigenvalue weighted by molar-refractivity contribution is 0.0892. The lowest BCUT2D eigenvalue weighted by Crippen LogP contribution is -2.38. The number of piperidine rings is 1.